The highest BCUT2D eigenvalue weighted by molar-refractivity contribution is 6.36. The van der Waals surface area contributed by atoms with E-state index in [-0.39, 0.29) is 6.61 Å². The molecule has 0 bridgehead atoms. The lowest BCUT2D eigenvalue weighted by Crippen LogP contribution is -2.23. The van der Waals surface area contributed by atoms with Gasteiger partial charge in [0.1, 0.15) is 5.76 Å². The van der Waals surface area contributed by atoms with Gasteiger partial charge in [-0.3, -0.25) is 0 Å². The zero-order valence-corrected chi connectivity index (χ0v) is 12.2. The molecular formula is C14H13Cl2NO3. The van der Waals surface area contributed by atoms with E-state index < -0.39 is 12.0 Å². The van der Waals surface area contributed by atoms with Gasteiger partial charge in [-0.2, -0.15) is 0 Å². The SMILES string of the molecule is CCOC(=O)C(Nc1ccc(Cl)cc1Cl)c1ccco1. The van der Waals surface area contributed by atoms with Gasteiger partial charge >= 0.3 is 5.97 Å². The first-order valence-corrected chi connectivity index (χ1v) is 6.79. The molecule has 0 fully saturated rings. The van der Waals surface area contributed by atoms with Gasteiger partial charge in [-0.05, 0) is 37.3 Å². The average Bonchev–Trinajstić information content (AvgIpc) is 2.91. The summed E-state index contributed by atoms with van der Waals surface area (Å²) in [5, 5.41) is 3.94. The number of hydrogen-bond acceptors (Lipinski definition) is 4. The third-order valence-corrected chi connectivity index (χ3v) is 3.13. The molecule has 0 radical (unpaired) electrons. The van der Waals surface area contributed by atoms with Crippen molar-refractivity contribution in [2.75, 3.05) is 11.9 Å². The number of ether oxygens (including phenoxy) is 1. The Balaban J connectivity index is 2.26. The van der Waals surface area contributed by atoms with E-state index in [0.29, 0.717) is 21.5 Å². The second kappa shape index (κ2) is 6.68. The van der Waals surface area contributed by atoms with Crippen molar-refractivity contribution >= 4 is 34.9 Å². The van der Waals surface area contributed by atoms with Crippen LogP contribution >= 0.6 is 23.2 Å². The highest BCUT2D eigenvalue weighted by Gasteiger charge is 2.25. The Morgan fingerprint density at radius 1 is 1.40 bits per heavy atom. The predicted molar refractivity (Wildman–Crippen MR) is 78.2 cm³/mol. The molecule has 1 aromatic carbocycles. The number of halogens is 2. The third-order valence-electron chi connectivity index (χ3n) is 2.58. The molecule has 2 rings (SSSR count). The van der Waals surface area contributed by atoms with E-state index in [1.807, 2.05) is 0 Å². The first kappa shape index (κ1) is 14.8. The van der Waals surface area contributed by atoms with Gasteiger partial charge in [0.05, 0.1) is 23.6 Å². The number of nitrogens with one attached hydrogen (secondary N) is 1. The van der Waals surface area contributed by atoms with Crippen LogP contribution in [0.3, 0.4) is 0 Å². The van der Waals surface area contributed by atoms with E-state index in [9.17, 15) is 4.79 Å². The minimum Gasteiger partial charge on any atom is -0.467 e. The molecule has 106 valence electrons. The van der Waals surface area contributed by atoms with Crippen LogP contribution in [0.5, 0.6) is 0 Å². The summed E-state index contributed by atoms with van der Waals surface area (Å²) in [6.07, 6.45) is 1.49. The van der Waals surface area contributed by atoms with Crippen molar-refractivity contribution in [1.82, 2.24) is 0 Å². The van der Waals surface area contributed by atoms with Crippen LogP contribution in [0.1, 0.15) is 18.7 Å². The maximum absolute atomic E-state index is 12.0. The van der Waals surface area contributed by atoms with Gasteiger partial charge < -0.3 is 14.5 Å². The third kappa shape index (κ3) is 3.46. The fourth-order valence-electron chi connectivity index (χ4n) is 1.69. The van der Waals surface area contributed by atoms with Gasteiger partial charge in [-0.1, -0.05) is 23.2 Å². The topological polar surface area (TPSA) is 51.5 Å². The summed E-state index contributed by atoms with van der Waals surface area (Å²) < 4.78 is 10.3. The Morgan fingerprint density at radius 2 is 2.20 bits per heavy atom. The number of hydrogen-bond donors (Lipinski definition) is 1. The minimum atomic E-state index is -0.761. The molecule has 20 heavy (non-hydrogen) atoms. The van der Waals surface area contributed by atoms with E-state index in [1.165, 1.54) is 6.26 Å². The van der Waals surface area contributed by atoms with Crippen LogP contribution in [0, 0.1) is 0 Å². The van der Waals surface area contributed by atoms with Crippen LogP contribution in [-0.4, -0.2) is 12.6 Å². The first-order chi connectivity index (χ1) is 9.61. The monoisotopic (exact) mass is 313 g/mol. The molecule has 0 spiro atoms. The highest BCUT2D eigenvalue weighted by Crippen LogP contribution is 2.29. The molecule has 0 saturated heterocycles. The molecule has 1 atom stereocenters. The lowest BCUT2D eigenvalue weighted by Gasteiger charge is -2.17. The van der Waals surface area contributed by atoms with Gasteiger partial charge in [0.2, 0.25) is 0 Å². The summed E-state index contributed by atoms with van der Waals surface area (Å²) in [7, 11) is 0. The van der Waals surface area contributed by atoms with Crippen LogP contribution in [-0.2, 0) is 9.53 Å². The smallest absolute Gasteiger partial charge is 0.336 e. The van der Waals surface area contributed by atoms with Gasteiger partial charge in [0, 0.05) is 5.02 Å². The van der Waals surface area contributed by atoms with E-state index >= 15 is 0 Å². The number of anilines is 1. The Bertz CT molecular complexity index is 584. The normalized spacial score (nSPS) is 11.9. The van der Waals surface area contributed by atoms with E-state index in [2.05, 4.69) is 5.32 Å². The summed E-state index contributed by atoms with van der Waals surface area (Å²) in [6, 6.07) is 7.60. The van der Waals surface area contributed by atoms with Crippen LogP contribution in [0.2, 0.25) is 10.0 Å². The van der Waals surface area contributed by atoms with E-state index in [4.69, 9.17) is 32.4 Å². The fourth-order valence-corrected chi connectivity index (χ4v) is 2.15. The van der Waals surface area contributed by atoms with Crippen molar-refractivity contribution in [3.63, 3.8) is 0 Å². The van der Waals surface area contributed by atoms with E-state index in [1.54, 1.807) is 37.3 Å². The van der Waals surface area contributed by atoms with Gasteiger partial charge in [0.15, 0.2) is 6.04 Å². The summed E-state index contributed by atoms with van der Waals surface area (Å²) >= 11 is 11.9. The van der Waals surface area contributed by atoms with Crippen LogP contribution in [0.15, 0.2) is 41.0 Å². The van der Waals surface area contributed by atoms with Crippen LogP contribution in [0.4, 0.5) is 5.69 Å². The second-order valence-corrected chi connectivity index (χ2v) is 4.81. The van der Waals surface area contributed by atoms with Crippen LogP contribution in [0.25, 0.3) is 0 Å². The molecule has 1 aromatic heterocycles. The lowest BCUT2D eigenvalue weighted by atomic mass is 10.2. The molecule has 1 heterocycles. The van der Waals surface area contributed by atoms with E-state index in [0.717, 1.165) is 0 Å². The van der Waals surface area contributed by atoms with Crippen LogP contribution < -0.4 is 5.32 Å². The molecule has 0 aliphatic heterocycles. The zero-order chi connectivity index (χ0) is 14.5. The number of esters is 1. The molecule has 2 aromatic rings. The minimum absolute atomic E-state index is 0.284. The fraction of sp³-hybridized carbons (Fsp3) is 0.214. The number of rotatable bonds is 5. The van der Waals surface area contributed by atoms with Crippen molar-refractivity contribution in [2.45, 2.75) is 13.0 Å². The number of benzene rings is 1. The maximum atomic E-state index is 12.0. The molecule has 0 aliphatic rings. The van der Waals surface area contributed by atoms with Gasteiger partial charge in [-0.25, -0.2) is 4.79 Å². The predicted octanol–water partition coefficient (Wildman–Crippen LogP) is 4.30. The van der Waals surface area contributed by atoms with Gasteiger partial charge in [-0.15, -0.1) is 0 Å². The molecule has 0 amide bonds. The Labute approximate surface area is 126 Å². The summed E-state index contributed by atoms with van der Waals surface area (Å²) in [6.45, 7) is 2.03. The second-order valence-electron chi connectivity index (χ2n) is 3.97. The number of furan rings is 1. The van der Waals surface area contributed by atoms with Crippen molar-refractivity contribution in [1.29, 1.82) is 0 Å². The molecule has 0 aliphatic carbocycles. The average molecular weight is 314 g/mol. The van der Waals surface area contributed by atoms with Crippen molar-refractivity contribution < 1.29 is 13.9 Å². The maximum Gasteiger partial charge on any atom is 0.336 e. The molecule has 1 unspecified atom stereocenters. The Hall–Kier alpha value is -1.65. The largest absolute Gasteiger partial charge is 0.467 e. The zero-order valence-electron chi connectivity index (χ0n) is 10.7. The van der Waals surface area contributed by atoms with Crippen molar-refractivity contribution in [2.24, 2.45) is 0 Å². The van der Waals surface area contributed by atoms with Crippen molar-refractivity contribution in [3.8, 4) is 0 Å². The standard InChI is InChI=1S/C14H13Cl2NO3/c1-2-19-14(18)13(12-4-3-7-20-12)17-11-6-5-9(15)8-10(11)16/h3-8,13,17H,2H2,1H3. The number of carbonyl (C=O) groups is 1. The summed E-state index contributed by atoms with van der Waals surface area (Å²) in [5.74, 6) is 0.0166. The Kier molecular flexibility index (Phi) is 4.93. The lowest BCUT2D eigenvalue weighted by molar-refractivity contribution is -0.144. The number of carbonyl (C=O) groups excluding carboxylic acids is 1. The molecule has 4 nitrogen and oxygen atoms in total. The van der Waals surface area contributed by atoms with Crippen molar-refractivity contribution in [3.05, 3.63) is 52.4 Å². The quantitative estimate of drug-likeness (QED) is 0.836. The van der Waals surface area contributed by atoms with Gasteiger partial charge in [0.25, 0.3) is 0 Å². The molecule has 6 heteroatoms. The summed E-state index contributed by atoms with van der Waals surface area (Å²) in [4.78, 5) is 12.0. The Morgan fingerprint density at radius 3 is 2.80 bits per heavy atom. The highest BCUT2D eigenvalue weighted by atomic mass is 35.5. The first-order valence-electron chi connectivity index (χ1n) is 6.03. The summed E-state index contributed by atoms with van der Waals surface area (Å²) in [5.41, 5.74) is 0.575. The molecule has 0 saturated carbocycles. The molecular weight excluding hydrogens is 301 g/mol. The molecule has 1 N–H and O–H groups in total.